The average Bonchev–Trinajstić information content (AvgIpc) is 3.20. The summed E-state index contributed by atoms with van der Waals surface area (Å²) in [6.45, 7) is 7.48. The van der Waals surface area contributed by atoms with E-state index in [9.17, 15) is 0 Å². The van der Waals surface area contributed by atoms with Crippen molar-refractivity contribution in [2.75, 3.05) is 44.2 Å². The number of piperazine rings is 1. The van der Waals surface area contributed by atoms with Crippen LogP contribution < -0.4 is 10.2 Å². The number of para-hydroxylation sites is 1. The molecule has 1 aliphatic rings. The van der Waals surface area contributed by atoms with Gasteiger partial charge >= 0.3 is 0 Å². The monoisotopic (exact) mass is 391 g/mol. The Bertz CT molecular complexity index is 926. The summed E-state index contributed by atoms with van der Waals surface area (Å²) < 4.78 is 0. The zero-order valence-electron chi connectivity index (χ0n) is 17.0. The quantitative estimate of drug-likeness (QED) is 0.384. The van der Waals surface area contributed by atoms with Crippen molar-refractivity contribution >= 4 is 22.8 Å². The van der Waals surface area contributed by atoms with E-state index in [4.69, 9.17) is 4.99 Å². The molecule has 0 saturated carbocycles. The number of aromatic amines is 1. The highest BCUT2D eigenvalue weighted by atomic mass is 15.4. The van der Waals surface area contributed by atoms with E-state index in [1.807, 2.05) is 6.07 Å². The van der Waals surface area contributed by atoms with Crippen LogP contribution in [-0.4, -0.2) is 65.1 Å². The van der Waals surface area contributed by atoms with Gasteiger partial charge in [0.1, 0.15) is 0 Å². The molecule has 2 aromatic heterocycles. The highest BCUT2D eigenvalue weighted by molar-refractivity contribution is 5.83. The van der Waals surface area contributed by atoms with Gasteiger partial charge in [0.05, 0.1) is 0 Å². The molecule has 0 spiro atoms. The van der Waals surface area contributed by atoms with Crippen molar-refractivity contribution in [3.8, 4) is 0 Å². The van der Waals surface area contributed by atoms with Crippen LogP contribution in [0.4, 0.5) is 5.95 Å². The lowest BCUT2D eigenvalue weighted by atomic mass is 10.1. The first-order valence-electron chi connectivity index (χ1n) is 10.5. The number of hydrogen-bond donors (Lipinski definition) is 2. The van der Waals surface area contributed by atoms with Crippen LogP contribution in [0.2, 0.25) is 0 Å². The standard InChI is InChI=1S/C22H29N7/c1-2-23-21(28-13-15-29(16-14-28)22-25-11-6-12-26-22)24-10-5-7-18-17-27-20-9-4-3-8-19(18)20/h3-4,6,8-9,11-12,17,27H,2,5,7,10,13-16H2,1H3,(H,23,24). The van der Waals surface area contributed by atoms with Gasteiger partial charge in [0, 0.05) is 68.8 Å². The van der Waals surface area contributed by atoms with Gasteiger partial charge in [-0.2, -0.15) is 0 Å². The average molecular weight is 392 g/mol. The number of nitrogens with one attached hydrogen (secondary N) is 2. The summed E-state index contributed by atoms with van der Waals surface area (Å²) in [5.41, 5.74) is 2.58. The number of H-pyrrole nitrogens is 1. The third kappa shape index (κ3) is 4.67. The first kappa shape index (κ1) is 19.2. The van der Waals surface area contributed by atoms with Crippen LogP contribution in [-0.2, 0) is 6.42 Å². The molecule has 3 heterocycles. The fraction of sp³-hybridized carbons (Fsp3) is 0.409. The van der Waals surface area contributed by atoms with Crippen molar-refractivity contribution in [2.45, 2.75) is 19.8 Å². The first-order valence-corrected chi connectivity index (χ1v) is 10.5. The van der Waals surface area contributed by atoms with E-state index in [1.165, 1.54) is 16.5 Å². The molecule has 29 heavy (non-hydrogen) atoms. The van der Waals surface area contributed by atoms with E-state index in [1.54, 1.807) is 12.4 Å². The maximum atomic E-state index is 4.89. The molecular formula is C22H29N7. The molecule has 0 bridgehead atoms. The zero-order valence-corrected chi connectivity index (χ0v) is 17.0. The Labute approximate surface area is 171 Å². The van der Waals surface area contributed by atoms with Gasteiger partial charge < -0.3 is 20.1 Å². The summed E-state index contributed by atoms with van der Waals surface area (Å²) in [4.78, 5) is 21.5. The van der Waals surface area contributed by atoms with E-state index >= 15 is 0 Å². The molecule has 0 amide bonds. The predicted octanol–water partition coefficient (Wildman–Crippen LogP) is 2.68. The molecule has 3 aromatic rings. The molecule has 2 N–H and O–H groups in total. The third-order valence-electron chi connectivity index (χ3n) is 5.29. The molecule has 7 heteroatoms. The summed E-state index contributed by atoms with van der Waals surface area (Å²) >= 11 is 0. The van der Waals surface area contributed by atoms with Crippen molar-refractivity contribution in [1.29, 1.82) is 0 Å². The summed E-state index contributed by atoms with van der Waals surface area (Å²) in [6.07, 6.45) is 7.80. The predicted molar refractivity (Wildman–Crippen MR) is 118 cm³/mol. The number of hydrogen-bond acceptors (Lipinski definition) is 4. The molecule has 4 rings (SSSR count). The topological polar surface area (TPSA) is 72.4 Å². The van der Waals surface area contributed by atoms with E-state index in [0.717, 1.165) is 64.0 Å². The van der Waals surface area contributed by atoms with Crippen LogP contribution in [0, 0.1) is 0 Å². The Balaban J connectivity index is 1.31. The lowest BCUT2D eigenvalue weighted by molar-refractivity contribution is 0.370. The third-order valence-corrected chi connectivity index (χ3v) is 5.29. The number of guanidine groups is 1. The summed E-state index contributed by atoms with van der Waals surface area (Å²) in [5.74, 6) is 1.83. The molecule has 0 aliphatic carbocycles. The van der Waals surface area contributed by atoms with E-state index in [2.05, 4.69) is 67.5 Å². The van der Waals surface area contributed by atoms with Crippen molar-refractivity contribution in [3.05, 3.63) is 54.5 Å². The fourth-order valence-corrected chi connectivity index (χ4v) is 3.79. The van der Waals surface area contributed by atoms with Crippen molar-refractivity contribution < 1.29 is 0 Å². The first-order chi connectivity index (χ1) is 14.3. The molecule has 1 fully saturated rings. The molecule has 152 valence electrons. The highest BCUT2D eigenvalue weighted by Crippen LogP contribution is 2.19. The van der Waals surface area contributed by atoms with E-state index in [-0.39, 0.29) is 0 Å². The number of benzene rings is 1. The smallest absolute Gasteiger partial charge is 0.225 e. The Kier molecular flexibility index (Phi) is 6.24. The Morgan fingerprint density at radius 3 is 2.69 bits per heavy atom. The maximum absolute atomic E-state index is 4.89. The van der Waals surface area contributed by atoms with Crippen LogP contribution in [0.1, 0.15) is 18.9 Å². The minimum atomic E-state index is 0.813. The zero-order chi connectivity index (χ0) is 19.9. The number of aliphatic imine (C=N–C) groups is 1. The largest absolute Gasteiger partial charge is 0.361 e. The van der Waals surface area contributed by atoms with Crippen molar-refractivity contribution in [3.63, 3.8) is 0 Å². The van der Waals surface area contributed by atoms with Crippen LogP contribution >= 0.6 is 0 Å². The lowest BCUT2D eigenvalue weighted by Gasteiger charge is -2.36. The molecule has 7 nitrogen and oxygen atoms in total. The van der Waals surface area contributed by atoms with E-state index in [0.29, 0.717) is 0 Å². The number of aromatic nitrogens is 3. The summed E-state index contributed by atoms with van der Waals surface area (Å²) in [7, 11) is 0. The van der Waals surface area contributed by atoms with E-state index < -0.39 is 0 Å². The van der Waals surface area contributed by atoms with Gasteiger partial charge in [0.15, 0.2) is 5.96 Å². The summed E-state index contributed by atoms with van der Waals surface area (Å²) in [6, 6.07) is 10.3. The van der Waals surface area contributed by atoms with Crippen molar-refractivity contribution in [1.82, 2.24) is 25.2 Å². The SMILES string of the molecule is CCNC(=NCCCc1c[nH]c2ccccc12)N1CCN(c2ncccn2)CC1. The minimum absolute atomic E-state index is 0.813. The van der Waals surface area contributed by atoms with Gasteiger partial charge in [0.25, 0.3) is 0 Å². The van der Waals surface area contributed by atoms with Gasteiger partial charge in [-0.25, -0.2) is 9.97 Å². The number of rotatable bonds is 6. The lowest BCUT2D eigenvalue weighted by Crippen LogP contribution is -2.53. The van der Waals surface area contributed by atoms with Gasteiger partial charge in [-0.1, -0.05) is 18.2 Å². The van der Waals surface area contributed by atoms with Crippen LogP contribution in [0.25, 0.3) is 10.9 Å². The van der Waals surface area contributed by atoms with Crippen LogP contribution in [0.5, 0.6) is 0 Å². The fourth-order valence-electron chi connectivity index (χ4n) is 3.79. The van der Waals surface area contributed by atoms with Gasteiger partial charge in [-0.15, -0.1) is 0 Å². The van der Waals surface area contributed by atoms with Gasteiger partial charge in [-0.3, -0.25) is 4.99 Å². The molecule has 1 saturated heterocycles. The molecule has 0 atom stereocenters. The van der Waals surface area contributed by atoms with Crippen LogP contribution in [0.15, 0.2) is 53.9 Å². The normalized spacial score (nSPS) is 15.1. The second-order valence-electron chi connectivity index (χ2n) is 7.22. The Morgan fingerprint density at radius 2 is 1.90 bits per heavy atom. The highest BCUT2D eigenvalue weighted by Gasteiger charge is 2.20. The van der Waals surface area contributed by atoms with Gasteiger partial charge in [-0.05, 0) is 37.5 Å². The molecule has 1 aliphatic heterocycles. The second kappa shape index (κ2) is 9.41. The summed E-state index contributed by atoms with van der Waals surface area (Å²) in [5, 5.41) is 4.77. The molecule has 0 radical (unpaired) electrons. The maximum Gasteiger partial charge on any atom is 0.225 e. The van der Waals surface area contributed by atoms with Crippen molar-refractivity contribution in [2.24, 2.45) is 4.99 Å². The van der Waals surface area contributed by atoms with Crippen LogP contribution in [0.3, 0.4) is 0 Å². The molecular weight excluding hydrogens is 362 g/mol. The number of nitrogens with zero attached hydrogens (tertiary/aromatic N) is 5. The Morgan fingerprint density at radius 1 is 1.10 bits per heavy atom. The Hall–Kier alpha value is -3.09. The molecule has 0 unspecified atom stereocenters. The number of anilines is 1. The van der Waals surface area contributed by atoms with Gasteiger partial charge in [0.2, 0.25) is 5.95 Å². The number of fused-ring (bicyclic) bond motifs is 1. The number of aryl methyl sites for hydroxylation is 1. The molecule has 1 aromatic carbocycles. The second-order valence-corrected chi connectivity index (χ2v) is 7.22. The minimum Gasteiger partial charge on any atom is -0.361 e.